The van der Waals surface area contributed by atoms with E-state index in [1.165, 1.54) is 11.3 Å². The Hall–Kier alpha value is -2.60. The molecule has 2 aromatic rings. The van der Waals surface area contributed by atoms with Gasteiger partial charge < -0.3 is 10.1 Å². The molecule has 3 unspecified atom stereocenters. The van der Waals surface area contributed by atoms with E-state index in [0.717, 1.165) is 22.9 Å². The lowest BCUT2D eigenvalue weighted by molar-refractivity contribution is -0.124. The molecule has 6 heteroatoms. The fourth-order valence-electron chi connectivity index (χ4n) is 4.33. The summed E-state index contributed by atoms with van der Waals surface area (Å²) >= 11 is 3.51. The third-order valence-electron chi connectivity index (χ3n) is 6.38. The molecule has 31 heavy (non-hydrogen) atoms. The summed E-state index contributed by atoms with van der Waals surface area (Å²) in [5.74, 6) is 1.30. The van der Waals surface area contributed by atoms with Crippen LogP contribution in [0.2, 0.25) is 0 Å². The molecule has 2 aliphatic rings. The van der Waals surface area contributed by atoms with Gasteiger partial charge in [0.25, 0.3) is 5.91 Å². The van der Waals surface area contributed by atoms with E-state index in [1.54, 1.807) is 12.1 Å². The molecule has 0 radical (unpaired) electrons. The number of hydrogen-bond donors (Lipinski definition) is 1. The number of carbonyl (C=O) groups is 2. The fourth-order valence-corrected chi connectivity index (χ4v) is 4.73. The number of anilines is 1. The third-order valence-corrected chi connectivity index (χ3v) is 7.10. The summed E-state index contributed by atoms with van der Waals surface area (Å²) in [5.41, 5.74) is 1.44. The highest BCUT2D eigenvalue weighted by Crippen LogP contribution is 2.36. The maximum absolute atomic E-state index is 13.3. The van der Waals surface area contributed by atoms with Crippen LogP contribution in [0.25, 0.3) is 6.08 Å². The van der Waals surface area contributed by atoms with Crippen molar-refractivity contribution < 1.29 is 14.3 Å². The van der Waals surface area contributed by atoms with Gasteiger partial charge in [0.05, 0.1) is 5.69 Å². The molecule has 0 saturated heterocycles. The molecular formula is C25H27BrN2O3. The lowest BCUT2D eigenvalue weighted by atomic mass is 9.78. The number of halogens is 1. The van der Waals surface area contributed by atoms with Gasteiger partial charge in [-0.05, 0) is 48.1 Å². The van der Waals surface area contributed by atoms with E-state index in [-0.39, 0.29) is 30.2 Å². The molecule has 0 bridgehead atoms. The number of rotatable bonds is 4. The van der Waals surface area contributed by atoms with Gasteiger partial charge in [0.1, 0.15) is 6.54 Å². The number of para-hydroxylation sites is 2. The van der Waals surface area contributed by atoms with Crippen LogP contribution < -0.4 is 15.0 Å². The smallest absolute Gasteiger partial charge is 0.294 e. The Morgan fingerprint density at radius 1 is 1.16 bits per heavy atom. The van der Waals surface area contributed by atoms with Crippen LogP contribution in [0.3, 0.4) is 0 Å². The number of fused-ring (bicyclic) bond motifs is 1. The number of ether oxygens (including phenoxy) is 1. The van der Waals surface area contributed by atoms with Crippen LogP contribution in [-0.4, -0.2) is 24.4 Å². The van der Waals surface area contributed by atoms with E-state index in [0.29, 0.717) is 23.3 Å². The largest absolute Gasteiger partial charge is 0.449 e. The van der Waals surface area contributed by atoms with Crippen molar-refractivity contribution in [1.82, 2.24) is 5.32 Å². The molecule has 1 aliphatic heterocycles. The third kappa shape index (κ3) is 4.69. The molecule has 162 valence electrons. The maximum atomic E-state index is 13.3. The first kappa shape index (κ1) is 21.6. The quantitative estimate of drug-likeness (QED) is 0.612. The molecule has 1 saturated carbocycles. The predicted octanol–water partition coefficient (Wildman–Crippen LogP) is 5.16. The van der Waals surface area contributed by atoms with Crippen LogP contribution in [0, 0.1) is 11.8 Å². The second-order valence-electron chi connectivity index (χ2n) is 8.43. The average Bonchev–Trinajstić information content (AvgIpc) is 2.76. The number of benzene rings is 2. The van der Waals surface area contributed by atoms with Crippen molar-refractivity contribution in [3.8, 4) is 5.75 Å². The highest BCUT2D eigenvalue weighted by atomic mass is 79.9. The van der Waals surface area contributed by atoms with Crippen molar-refractivity contribution in [2.45, 2.75) is 39.2 Å². The highest BCUT2D eigenvalue weighted by Gasteiger charge is 2.33. The van der Waals surface area contributed by atoms with Crippen LogP contribution in [0.4, 0.5) is 5.69 Å². The zero-order valence-electron chi connectivity index (χ0n) is 17.8. The zero-order chi connectivity index (χ0) is 22.0. The van der Waals surface area contributed by atoms with Crippen LogP contribution in [-0.2, 0) is 9.59 Å². The van der Waals surface area contributed by atoms with Crippen molar-refractivity contribution in [2.75, 3.05) is 11.4 Å². The Labute approximate surface area is 191 Å². The van der Waals surface area contributed by atoms with Gasteiger partial charge >= 0.3 is 0 Å². The summed E-state index contributed by atoms with van der Waals surface area (Å²) in [5, 5.41) is 3.17. The zero-order valence-corrected chi connectivity index (χ0v) is 19.4. The molecule has 2 amide bonds. The molecule has 5 nitrogen and oxygen atoms in total. The standard InChI is InChI=1S/C25H27BrN2O3/c1-16-8-7-11-20(17(16)2)27-24(29)15-28-21-12-5-6-13-22(21)31-23(25(28)30)14-18-9-3-4-10-19(18)26/h3-6,9-10,12-14,16-17,20H,7-8,11,15H2,1-2H3,(H,27,29). The van der Waals surface area contributed by atoms with Crippen molar-refractivity contribution in [3.63, 3.8) is 0 Å². The SMILES string of the molecule is CC1CCCC(NC(=O)CN2C(=O)C(=Cc3ccccc3Br)Oc3ccccc32)C1C. The normalized spacial score (nSPS) is 24.5. The number of hydrogen-bond acceptors (Lipinski definition) is 3. The first-order valence-corrected chi connectivity index (χ1v) is 11.6. The Balaban J connectivity index is 1.58. The average molecular weight is 483 g/mol. The Morgan fingerprint density at radius 3 is 2.71 bits per heavy atom. The van der Waals surface area contributed by atoms with Gasteiger partial charge in [0, 0.05) is 10.5 Å². The summed E-state index contributed by atoms with van der Waals surface area (Å²) in [6, 6.07) is 15.1. The number of nitrogens with zero attached hydrogens (tertiary/aromatic N) is 1. The first-order valence-electron chi connectivity index (χ1n) is 10.8. The van der Waals surface area contributed by atoms with Crippen LogP contribution in [0.15, 0.2) is 58.8 Å². The number of amides is 2. The van der Waals surface area contributed by atoms with E-state index >= 15 is 0 Å². The predicted molar refractivity (Wildman–Crippen MR) is 126 cm³/mol. The minimum absolute atomic E-state index is 0.0376. The van der Waals surface area contributed by atoms with Gasteiger partial charge in [-0.3, -0.25) is 14.5 Å². The van der Waals surface area contributed by atoms with E-state index in [2.05, 4.69) is 35.1 Å². The molecule has 0 aromatic heterocycles. The Morgan fingerprint density at radius 2 is 1.90 bits per heavy atom. The summed E-state index contributed by atoms with van der Waals surface area (Å²) in [4.78, 5) is 27.7. The summed E-state index contributed by atoms with van der Waals surface area (Å²) in [6.45, 7) is 4.40. The van der Waals surface area contributed by atoms with Crippen LogP contribution >= 0.6 is 15.9 Å². The Bertz CT molecular complexity index is 1020. The maximum Gasteiger partial charge on any atom is 0.294 e. The summed E-state index contributed by atoms with van der Waals surface area (Å²) in [7, 11) is 0. The second-order valence-corrected chi connectivity index (χ2v) is 9.29. The molecule has 1 N–H and O–H groups in total. The molecule has 4 rings (SSSR count). The number of carbonyl (C=O) groups excluding carboxylic acids is 2. The topological polar surface area (TPSA) is 58.6 Å². The monoisotopic (exact) mass is 482 g/mol. The molecule has 1 aliphatic carbocycles. The minimum Gasteiger partial charge on any atom is -0.449 e. The molecule has 1 heterocycles. The van der Waals surface area contributed by atoms with Gasteiger partial charge in [-0.2, -0.15) is 0 Å². The van der Waals surface area contributed by atoms with Gasteiger partial charge in [0.15, 0.2) is 11.5 Å². The van der Waals surface area contributed by atoms with Gasteiger partial charge in [-0.15, -0.1) is 0 Å². The van der Waals surface area contributed by atoms with Crippen LogP contribution in [0.5, 0.6) is 5.75 Å². The highest BCUT2D eigenvalue weighted by molar-refractivity contribution is 9.10. The van der Waals surface area contributed by atoms with Crippen molar-refractivity contribution in [2.24, 2.45) is 11.8 Å². The molecule has 0 spiro atoms. The van der Waals surface area contributed by atoms with Gasteiger partial charge in [0.2, 0.25) is 5.91 Å². The van der Waals surface area contributed by atoms with Crippen LogP contribution in [0.1, 0.15) is 38.7 Å². The van der Waals surface area contributed by atoms with Crippen molar-refractivity contribution >= 4 is 39.5 Å². The molecule has 3 atom stereocenters. The fraction of sp³-hybridized carbons (Fsp3) is 0.360. The Kier molecular flexibility index (Phi) is 6.46. The lowest BCUT2D eigenvalue weighted by Gasteiger charge is -2.35. The lowest BCUT2D eigenvalue weighted by Crippen LogP contribution is -2.49. The van der Waals surface area contributed by atoms with Gasteiger partial charge in [-0.25, -0.2) is 0 Å². The molecule has 1 fully saturated rings. The second kappa shape index (κ2) is 9.27. The van der Waals surface area contributed by atoms with E-state index < -0.39 is 0 Å². The molecular weight excluding hydrogens is 456 g/mol. The molecule has 2 aromatic carbocycles. The van der Waals surface area contributed by atoms with Crippen molar-refractivity contribution in [3.05, 3.63) is 64.3 Å². The van der Waals surface area contributed by atoms with E-state index in [4.69, 9.17) is 4.74 Å². The van der Waals surface area contributed by atoms with E-state index in [9.17, 15) is 9.59 Å². The summed E-state index contributed by atoms with van der Waals surface area (Å²) < 4.78 is 6.78. The van der Waals surface area contributed by atoms with Crippen molar-refractivity contribution in [1.29, 1.82) is 0 Å². The summed E-state index contributed by atoms with van der Waals surface area (Å²) in [6.07, 6.45) is 5.01. The van der Waals surface area contributed by atoms with E-state index in [1.807, 2.05) is 42.5 Å². The first-order chi connectivity index (χ1) is 14.9. The minimum atomic E-state index is -0.324. The number of nitrogens with one attached hydrogen (secondary N) is 1. The van der Waals surface area contributed by atoms with Gasteiger partial charge in [-0.1, -0.05) is 73.0 Å².